The zero-order valence-corrected chi connectivity index (χ0v) is 10.1. The highest BCUT2D eigenvalue weighted by molar-refractivity contribution is 7.80. The summed E-state index contributed by atoms with van der Waals surface area (Å²) in [7, 11) is 1.89. The van der Waals surface area contributed by atoms with Crippen molar-refractivity contribution in [3.8, 4) is 0 Å². The number of pyridine rings is 1. The number of aryl methyl sites for hydroxylation is 1. The van der Waals surface area contributed by atoms with Gasteiger partial charge in [-0.2, -0.15) is 0 Å². The molecule has 0 bridgehead atoms. The number of rotatable bonds is 4. The van der Waals surface area contributed by atoms with E-state index in [2.05, 4.69) is 20.5 Å². The topological polar surface area (TPSA) is 81.7 Å². The molecule has 0 saturated carbocycles. The second-order valence-corrected chi connectivity index (χ2v) is 3.95. The summed E-state index contributed by atoms with van der Waals surface area (Å²) in [6, 6.07) is 3.65. The first-order valence-corrected chi connectivity index (χ1v) is 5.40. The molecule has 0 fully saturated rings. The zero-order chi connectivity index (χ0) is 12.3. The van der Waals surface area contributed by atoms with Crippen molar-refractivity contribution in [1.82, 2.24) is 19.7 Å². The third-order valence-electron chi connectivity index (χ3n) is 2.27. The van der Waals surface area contributed by atoms with Gasteiger partial charge in [-0.1, -0.05) is 12.2 Å². The van der Waals surface area contributed by atoms with Crippen LogP contribution >= 0.6 is 12.2 Å². The Morgan fingerprint density at radius 3 is 3.06 bits per heavy atom. The van der Waals surface area contributed by atoms with E-state index in [9.17, 15) is 0 Å². The number of nitrogens with two attached hydrogens (primary N) is 1. The van der Waals surface area contributed by atoms with E-state index >= 15 is 0 Å². The quantitative estimate of drug-likeness (QED) is 0.765. The van der Waals surface area contributed by atoms with Gasteiger partial charge in [-0.05, 0) is 12.1 Å². The summed E-state index contributed by atoms with van der Waals surface area (Å²) >= 11 is 4.87. The van der Waals surface area contributed by atoms with Gasteiger partial charge in [0.05, 0.1) is 12.2 Å². The fraction of sp³-hybridized carbons (Fsp3) is 0.200. The van der Waals surface area contributed by atoms with E-state index in [0.717, 1.165) is 11.5 Å². The maximum absolute atomic E-state index is 5.51. The van der Waals surface area contributed by atoms with E-state index in [1.807, 2.05) is 17.7 Å². The largest absolute Gasteiger partial charge is 0.388 e. The minimum absolute atomic E-state index is 0.285. The van der Waals surface area contributed by atoms with Gasteiger partial charge in [0.25, 0.3) is 0 Å². The highest BCUT2D eigenvalue weighted by atomic mass is 32.1. The molecule has 0 atom stereocenters. The lowest BCUT2D eigenvalue weighted by molar-refractivity contribution is 0.812. The van der Waals surface area contributed by atoms with Crippen LogP contribution in [-0.4, -0.2) is 24.7 Å². The molecule has 2 rings (SSSR count). The van der Waals surface area contributed by atoms with E-state index in [-0.39, 0.29) is 4.99 Å². The van der Waals surface area contributed by atoms with Gasteiger partial charge >= 0.3 is 0 Å². The van der Waals surface area contributed by atoms with Crippen LogP contribution in [0.5, 0.6) is 0 Å². The Balaban J connectivity index is 2.07. The average molecular weight is 248 g/mol. The van der Waals surface area contributed by atoms with E-state index < -0.39 is 0 Å². The number of thiocarbonyl (C=S) groups is 1. The SMILES string of the molecule is Cn1cnnc1CNc1ccnc(C(N)=S)c1. The van der Waals surface area contributed by atoms with Crippen molar-refractivity contribution in [3.63, 3.8) is 0 Å². The molecule has 88 valence electrons. The number of hydrogen-bond donors (Lipinski definition) is 2. The number of nitrogens with one attached hydrogen (secondary N) is 1. The van der Waals surface area contributed by atoms with Gasteiger partial charge in [-0.3, -0.25) is 4.98 Å². The van der Waals surface area contributed by atoms with Crippen molar-refractivity contribution in [2.24, 2.45) is 12.8 Å². The number of aromatic nitrogens is 4. The van der Waals surface area contributed by atoms with Crippen LogP contribution in [0, 0.1) is 0 Å². The first-order chi connectivity index (χ1) is 8.16. The third-order valence-corrected chi connectivity index (χ3v) is 2.48. The zero-order valence-electron chi connectivity index (χ0n) is 9.29. The molecule has 2 aromatic rings. The van der Waals surface area contributed by atoms with E-state index in [4.69, 9.17) is 18.0 Å². The van der Waals surface area contributed by atoms with Gasteiger partial charge in [0.1, 0.15) is 11.3 Å². The molecule has 6 nitrogen and oxygen atoms in total. The van der Waals surface area contributed by atoms with Crippen molar-refractivity contribution >= 4 is 22.9 Å². The Morgan fingerprint density at radius 1 is 1.59 bits per heavy atom. The van der Waals surface area contributed by atoms with Crippen LogP contribution in [0.3, 0.4) is 0 Å². The summed E-state index contributed by atoms with van der Waals surface area (Å²) in [5, 5.41) is 11.0. The Kier molecular flexibility index (Phi) is 3.29. The van der Waals surface area contributed by atoms with Crippen LogP contribution in [0.4, 0.5) is 5.69 Å². The third kappa shape index (κ3) is 2.76. The Morgan fingerprint density at radius 2 is 2.41 bits per heavy atom. The molecule has 7 heteroatoms. The first-order valence-electron chi connectivity index (χ1n) is 4.99. The lowest BCUT2D eigenvalue weighted by atomic mass is 10.3. The molecular formula is C10H12N6S. The van der Waals surface area contributed by atoms with E-state index in [1.165, 1.54) is 0 Å². The van der Waals surface area contributed by atoms with Crippen LogP contribution in [0.2, 0.25) is 0 Å². The highest BCUT2D eigenvalue weighted by Gasteiger charge is 2.02. The smallest absolute Gasteiger partial charge is 0.151 e. The predicted molar refractivity (Wildman–Crippen MR) is 68.5 cm³/mol. The molecule has 2 heterocycles. The summed E-state index contributed by atoms with van der Waals surface area (Å²) in [5.74, 6) is 0.846. The fourth-order valence-corrected chi connectivity index (χ4v) is 1.44. The van der Waals surface area contributed by atoms with Crippen LogP contribution in [0.25, 0.3) is 0 Å². The van der Waals surface area contributed by atoms with Crippen molar-refractivity contribution in [1.29, 1.82) is 0 Å². The maximum Gasteiger partial charge on any atom is 0.151 e. The summed E-state index contributed by atoms with van der Waals surface area (Å²) in [4.78, 5) is 4.35. The van der Waals surface area contributed by atoms with Gasteiger partial charge in [0.2, 0.25) is 0 Å². The molecule has 0 saturated heterocycles. The van der Waals surface area contributed by atoms with Gasteiger partial charge in [-0.25, -0.2) is 0 Å². The van der Waals surface area contributed by atoms with Crippen LogP contribution in [0.15, 0.2) is 24.7 Å². The van der Waals surface area contributed by atoms with E-state index in [0.29, 0.717) is 12.2 Å². The molecule has 0 aliphatic carbocycles. The molecule has 0 spiro atoms. The Hall–Kier alpha value is -2.02. The van der Waals surface area contributed by atoms with Gasteiger partial charge in [0, 0.05) is 18.9 Å². The van der Waals surface area contributed by atoms with Crippen molar-refractivity contribution in [2.75, 3.05) is 5.32 Å². The Labute approximate surface area is 104 Å². The lowest BCUT2D eigenvalue weighted by Crippen LogP contribution is -2.12. The van der Waals surface area contributed by atoms with E-state index in [1.54, 1.807) is 18.6 Å². The molecule has 0 radical (unpaired) electrons. The van der Waals surface area contributed by atoms with Gasteiger partial charge in [-0.15, -0.1) is 10.2 Å². The minimum atomic E-state index is 0.285. The van der Waals surface area contributed by atoms with Crippen LogP contribution in [0.1, 0.15) is 11.5 Å². The normalized spacial score (nSPS) is 10.2. The van der Waals surface area contributed by atoms with Crippen molar-refractivity contribution < 1.29 is 0 Å². The van der Waals surface area contributed by atoms with Gasteiger partial charge < -0.3 is 15.6 Å². The summed E-state index contributed by atoms with van der Waals surface area (Å²) in [5.41, 5.74) is 7.01. The van der Waals surface area contributed by atoms with Crippen LogP contribution in [-0.2, 0) is 13.6 Å². The van der Waals surface area contributed by atoms with Crippen molar-refractivity contribution in [2.45, 2.75) is 6.54 Å². The summed E-state index contributed by atoms with van der Waals surface area (Å²) in [6.45, 7) is 0.581. The molecule has 0 aliphatic rings. The first kappa shape index (κ1) is 11.5. The van der Waals surface area contributed by atoms with Gasteiger partial charge in [0.15, 0.2) is 5.82 Å². The second kappa shape index (κ2) is 4.88. The average Bonchev–Trinajstić information content (AvgIpc) is 2.72. The molecular weight excluding hydrogens is 236 g/mol. The monoisotopic (exact) mass is 248 g/mol. The molecule has 17 heavy (non-hydrogen) atoms. The number of hydrogen-bond acceptors (Lipinski definition) is 5. The fourth-order valence-electron chi connectivity index (χ4n) is 1.32. The lowest BCUT2D eigenvalue weighted by Gasteiger charge is -2.06. The molecule has 3 N–H and O–H groups in total. The second-order valence-electron chi connectivity index (χ2n) is 3.51. The highest BCUT2D eigenvalue weighted by Crippen LogP contribution is 2.09. The Bertz CT molecular complexity index is 535. The van der Waals surface area contributed by atoms with Crippen LogP contribution < -0.4 is 11.1 Å². The maximum atomic E-state index is 5.51. The van der Waals surface area contributed by atoms with Crippen molar-refractivity contribution in [3.05, 3.63) is 36.2 Å². The molecule has 0 unspecified atom stereocenters. The standard InChI is InChI=1S/C10H12N6S/c1-16-6-14-15-9(16)5-13-7-2-3-12-8(4-7)10(11)17/h2-4,6H,5H2,1H3,(H2,11,17)(H,12,13). The number of anilines is 1. The molecule has 0 aliphatic heterocycles. The molecule has 2 aromatic heterocycles. The molecule has 0 aromatic carbocycles. The molecule has 0 amide bonds. The predicted octanol–water partition coefficient (Wildman–Crippen LogP) is 0.456. The summed E-state index contributed by atoms with van der Waals surface area (Å²) < 4.78 is 1.85. The summed E-state index contributed by atoms with van der Waals surface area (Å²) in [6.07, 6.45) is 3.32. The number of nitrogens with zero attached hydrogens (tertiary/aromatic N) is 4. The minimum Gasteiger partial charge on any atom is -0.388 e.